The summed E-state index contributed by atoms with van der Waals surface area (Å²) in [6, 6.07) is 79.7. The van der Waals surface area contributed by atoms with Crippen molar-refractivity contribution in [2.75, 3.05) is 0 Å². The first-order valence-corrected chi connectivity index (χ1v) is 25.9. The second kappa shape index (κ2) is 19.3. The molecule has 11 aromatic rings. The predicted molar refractivity (Wildman–Crippen MR) is 279 cm³/mol. The molecule has 0 aliphatic rings. The summed E-state index contributed by atoms with van der Waals surface area (Å²) in [6.45, 7) is 0. The molecule has 0 N–H and O–H groups in total. The van der Waals surface area contributed by atoms with Crippen molar-refractivity contribution in [1.82, 2.24) is 0 Å². The summed E-state index contributed by atoms with van der Waals surface area (Å²) in [5.41, 5.74) is 0. The van der Waals surface area contributed by atoms with Gasteiger partial charge in [0.05, 0.1) is 10.6 Å². The van der Waals surface area contributed by atoms with Crippen molar-refractivity contribution in [2.45, 2.75) is 0 Å². The minimum absolute atomic E-state index is 0.322. The Labute approximate surface area is 396 Å². The standard InChI is InChI=1S/C58H41O7P3/c59-68(46-28-2-1-3-29-46,57-40-14-12-34-55(57)64-66(60-51-36-16-24-42-20-4-8-30-47(42)51)61-52-37-17-25-43-21-5-9-31-48(43)52)58-41-15-13-35-56(58)65-67(62-53-38-18-26-44-22-6-10-32-49(44)53)63-54-39-19-27-45-23-7-11-33-50(45)54/h1-41H. The van der Waals surface area contributed by atoms with Crippen molar-refractivity contribution in [3.8, 4) is 34.5 Å². The van der Waals surface area contributed by atoms with E-state index in [1.165, 1.54) is 0 Å². The highest BCUT2D eigenvalue weighted by atomic mass is 31.2. The van der Waals surface area contributed by atoms with E-state index in [1.807, 2.05) is 249 Å². The number of para-hydroxylation sites is 2. The Bertz CT molecular complexity index is 3220. The van der Waals surface area contributed by atoms with Crippen LogP contribution in [0, 0.1) is 0 Å². The van der Waals surface area contributed by atoms with Gasteiger partial charge in [0, 0.05) is 26.8 Å². The minimum atomic E-state index is -3.90. The van der Waals surface area contributed by atoms with Crippen molar-refractivity contribution in [1.29, 1.82) is 0 Å². The van der Waals surface area contributed by atoms with E-state index in [-0.39, 0.29) is 0 Å². The maximum Gasteiger partial charge on any atom is 0.530 e. The molecule has 0 spiro atoms. The monoisotopic (exact) mass is 942 g/mol. The number of fused-ring (bicyclic) bond motifs is 4. The van der Waals surface area contributed by atoms with E-state index in [9.17, 15) is 0 Å². The third-order valence-corrected chi connectivity index (χ3v) is 16.8. The summed E-state index contributed by atoms with van der Waals surface area (Å²) in [5, 5.41) is 9.02. The van der Waals surface area contributed by atoms with Gasteiger partial charge in [0.2, 0.25) is 0 Å². The molecule has 330 valence electrons. The summed E-state index contributed by atoms with van der Waals surface area (Å²) in [5.74, 6) is 2.99. The van der Waals surface area contributed by atoms with E-state index in [0.29, 0.717) is 50.4 Å². The molecule has 0 radical (unpaired) electrons. The Morgan fingerprint density at radius 2 is 0.500 bits per heavy atom. The summed E-state index contributed by atoms with van der Waals surface area (Å²) < 4.78 is 57.9. The van der Waals surface area contributed by atoms with Crippen LogP contribution >= 0.6 is 24.3 Å². The second-order valence-electron chi connectivity index (χ2n) is 15.8. The Morgan fingerprint density at radius 1 is 0.250 bits per heavy atom. The molecular formula is C58H41O7P3. The summed E-state index contributed by atoms with van der Waals surface area (Å²) >= 11 is 0. The first-order chi connectivity index (χ1) is 33.6. The van der Waals surface area contributed by atoms with Gasteiger partial charge >= 0.3 is 17.2 Å². The molecule has 11 rings (SSSR count). The van der Waals surface area contributed by atoms with Crippen LogP contribution in [0.5, 0.6) is 34.5 Å². The topological polar surface area (TPSA) is 72.5 Å². The van der Waals surface area contributed by atoms with E-state index >= 15 is 4.57 Å². The first kappa shape index (κ1) is 43.0. The van der Waals surface area contributed by atoms with Gasteiger partial charge in [-0.3, -0.25) is 0 Å². The normalized spacial score (nSPS) is 11.6. The van der Waals surface area contributed by atoms with Crippen LogP contribution in [0.1, 0.15) is 0 Å². The molecule has 68 heavy (non-hydrogen) atoms. The lowest BCUT2D eigenvalue weighted by Crippen LogP contribution is -2.27. The van der Waals surface area contributed by atoms with Crippen LogP contribution in [0.4, 0.5) is 0 Å². The van der Waals surface area contributed by atoms with Gasteiger partial charge in [0.1, 0.15) is 34.5 Å². The molecule has 0 atom stereocenters. The third kappa shape index (κ3) is 8.72. The van der Waals surface area contributed by atoms with Crippen molar-refractivity contribution in [3.63, 3.8) is 0 Å². The zero-order chi connectivity index (χ0) is 45.7. The quantitative estimate of drug-likeness (QED) is 0.0948. The summed E-state index contributed by atoms with van der Waals surface area (Å²) in [7, 11) is -8.37. The third-order valence-electron chi connectivity index (χ3n) is 11.6. The number of hydrogen-bond acceptors (Lipinski definition) is 7. The van der Waals surface area contributed by atoms with Gasteiger partial charge < -0.3 is 31.7 Å². The van der Waals surface area contributed by atoms with Crippen molar-refractivity contribution in [2.24, 2.45) is 0 Å². The first-order valence-electron chi connectivity index (χ1n) is 22.0. The molecule has 0 fully saturated rings. The average molecular weight is 943 g/mol. The molecule has 0 saturated heterocycles. The molecule has 0 aliphatic carbocycles. The number of hydrogen-bond donors (Lipinski definition) is 0. The summed E-state index contributed by atoms with van der Waals surface area (Å²) in [4.78, 5) is 0. The Kier molecular flexibility index (Phi) is 12.2. The van der Waals surface area contributed by atoms with Crippen LogP contribution in [-0.4, -0.2) is 0 Å². The van der Waals surface area contributed by atoms with Crippen molar-refractivity contribution < 1.29 is 31.7 Å². The van der Waals surface area contributed by atoms with Gasteiger partial charge in [-0.05, 0) is 70.1 Å². The van der Waals surface area contributed by atoms with E-state index in [4.69, 9.17) is 27.1 Å². The van der Waals surface area contributed by atoms with Gasteiger partial charge in [0.25, 0.3) is 0 Å². The second-order valence-corrected chi connectivity index (χ2v) is 20.5. The maximum atomic E-state index is 16.8. The molecule has 0 amide bonds. The number of benzene rings is 11. The molecule has 7 nitrogen and oxygen atoms in total. The average Bonchev–Trinajstić information content (AvgIpc) is 3.39. The largest absolute Gasteiger partial charge is 0.530 e. The minimum Gasteiger partial charge on any atom is -0.408 e. The molecule has 0 unspecified atom stereocenters. The zero-order valence-electron chi connectivity index (χ0n) is 36.4. The molecule has 11 aromatic carbocycles. The molecule has 0 aromatic heterocycles. The van der Waals surface area contributed by atoms with E-state index in [1.54, 1.807) is 0 Å². The molecule has 10 heteroatoms. The summed E-state index contributed by atoms with van der Waals surface area (Å²) in [6.07, 6.45) is 0. The van der Waals surface area contributed by atoms with Gasteiger partial charge in [0.15, 0.2) is 7.14 Å². The Morgan fingerprint density at radius 3 is 0.853 bits per heavy atom. The van der Waals surface area contributed by atoms with Gasteiger partial charge in [-0.15, -0.1) is 0 Å². The smallest absolute Gasteiger partial charge is 0.408 e. The van der Waals surface area contributed by atoms with Crippen LogP contribution in [0.3, 0.4) is 0 Å². The zero-order valence-corrected chi connectivity index (χ0v) is 39.1. The molecule has 0 bridgehead atoms. The van der Waals surface area contributed by atoms with Gasteiger partial charge in [-0.2, -0.15) is 0 Å². The lowest BCUT2D eigenvalue weighted by Gasteiger charge is -2.26. The van der Waals surface area contributed by atoms with E-state index in [0.717, 1.165) is 43.1 Å². The van der Waals surface area contributed by atoms with E-state index < -0.39 is 24.3 Å². The fraction of sp³-hybridized carbons (Fsp3) is 0. The van der Waals surface area contributed by atoms with Crippen LogP contribution in [0.25, 0.3) is 43.1 Å². The molecular weight excluding hydrogens is 902 g/mol. The van der Waals surface area contributed by atoms with Crippen LogP contribution in [-0.2, 0) is 4.57 Å². The van der Waals surface area contributed by atoms with Crippen molar-refractivity contribution in [3.05, 3.63) is 249 Å². The molecule has 0 saturated carbocycles. The lowest BCUT2D eigenvalue weighted by molar-refractivity contribution is 0.392. The SMILES string of the molecule is O=P(c1ccccc1)(c1ccccc1OP(Oc1cccc2ccccc12)Oc1cccc2ccccc12)c1ccccc1OP(Oc1cccc2ccccc12)Oc1cccc2ccccc12. The highest BCUT2D eigenvalue weighted by molar-refractivity contribution is 7.85. The van der Waals surface area contributed by atoms with Crippen LogP contribution in [0.15, 0.2) is 249 Å². The Hall–Kier alpha value is -7.65. The lowest BCUT2D eigenvalue weighted by atomic mass is 10.1. The highest BCUT2D eigenvalue weighted by Gasteiger charge is 2.38. The van der Waals surface area contributed by atoms with Crippen LogP contribution < -0.4 is 43.1 Å². The Balaban J connectivity index is 1.02. The molecule has 0 heterocycles. The number of rotatable bonds is 15. The van der Waals surface area contributed by atoms with Gasteiger partial charge in [-0.25, -0.2) is 0 Å². The predicted octanol–water partition coefficient (Wildman–Crippen LogP) is 15.5. The maximum absolute atomic E-state index is 16.8. The highest BCUT2D eigenvalue weighted by Crippen LogP contribution is 2.53. The fourth-order valence-corrected chi connectivity index (χ4v) is 13.5. The van der Waals surface area contributed by atoms with Crippen LogP contribution in [0.2, 0.25) is 0 Å². The van der Waals surface area contributed by atoms with Gasteiger partial charge in [-0.1, -0.05) is 200 Å². The molecule has 0 aliphatic heterocycles. The van der Waals surface area contributed by atoms with Crippen molar-refractivity contribution >= 4 is 83.4 Å². The van der Waals surface area contributed by atoms with E-state index in [2.05, 4.69) is 0 Å². The fourth-order valence-electron chi connectivity index (χ4n) is 8.33.